The van der Waals surface area contributed by atoms with Gasteiger partial charge in [-0.05, 0) is 56.4 Å². The molecule has 1 heterocycles. The van der Waals surface area contributed by atoms with Gasteiger partial charge in [0.2, 0.25) is 0 Å². The Morgan fingerprint density at radius 1 is 1.32 bits per heavy atom. The smallest absolute Gasteiger partial charge is 0.0371 e. The molecule has 1 aliphatic rings. The van der Waals surface area contributed by atoms with E-state index in [-0.39, 0.29) is 0 Å². The normalized spacial score (nSPS) is 20.1. The van der Waals surface area contributed by atoms with E-state index in [2.05, 4.69) is 56.1 Å². The first-order valence-electron chi connectivity index (χ1n) is 7.67. The standard InChI is InChI=1S/C17H28N2/c1-13(2)18-12-16-8-9-17(11-14(16)3)19-10-6-5-7-15(19)4/h8-9,11,13,15,18H,5-7,10,12H2,1-4H3. The molecule has 1 fully saturated rings. The Hall–Kier alpha value is -1.02. The molecule has 1 aromatic rings. The van der Waals surface area contributed by atoms with Gasteiger partial charge >= 0.3 is 0 Å². The minimum absolute atomic E-state index is 0.543. The van der Waals surface area contributed by atoms with Gasteiger partial charge in [0.1, 0.15) is 0 Å². The summed E-state index contributed by atoms with van der Waals surface area (Å²) in [6.07, 6.45) is 4.04. The van der Waals surface area contributed by atoms with Gasteiger partial charge in [-0.15, -0.1) is 0 Å². The van der Waals surface area contributed by atoms with Crippen LogP contribution in [0.5, 0.6) is 0 Å². The van der Waals surface area contributed by atoms with Crippen molar-refractivity contribution in [3.05, 3.63) is 29.3 Å². The molecule has 1 atom stereocenters. The van der Waals surface area contributed by atoms with Crippen LogP contribution >= 0.6 is 0 Å². The van der Waals surface area contributed by atoms with E-state index >= 15 is 0 Å². The Bertz CT molecular complexity index is 412. The van der Waals surface area contributed by atoms with Crippen molar-refractivity contribution in [1.29, 1.82) is 0 Å². The molecule has 2 nitrogen and oxygen atoms in total. The van der Waals surface area contributed by atoms with Crippen LogP contribution in [-0.2, 0) is 6.54 Å². The molecule has 1 aliphatic heterocycles. The van der Waals surface area contributed by atoms with Crippen LogP contribution in [0.2, 0.25) is 0 Å². The topological polar surface area (TPSA) is 15.3 Å². The van der Waals surface area contributed by atoms with E-state index in [4.69, 9.17) is 0 Å². The Balaban J connectivity index is 2.09. The van der Waals surface area contributed by atoms with Crippen LogP contribution in [0, 0.1) is 6.92 Å². The van der Waals surface area contributed by atoms with Gasteiger partial charge in [-0.3, -0.25) is 0 Å². The fourth-order valence-corrected chi connectivity index (χ4v) is 2.85. The quantitative estimate of drug-likeness (QED) is 0.884. The Morgan fingerprint density at radius 2 is 2.11 bits per heavy atom. The highest BCUT2D eigenvalue weighted by molar-refractivity contribution is 5.51. The number of nitrogens with one attached hydrogen (secondary N) is 1. The lowest BCUT2D eigenvalue weighted by Crippen LogP contribution is -2.37. The SMILES string of the molecule is Cc1cc(N2CCCCC2C)ccc1CNC(C)C. The minimum atomic E-state index is 0.543. The second-order valence-electron chi connectivity index (χ2n) is 6.18. The molecule has 0 bridgehead atoms. The molecule has 0 radical (unpaired) electrons. The molecule has 0 aliphatic carbocycles. The zero-order chi connectivity index (χ0) is 13.8. The zero-order valence-electron chi connectivity index (χ0n) is 12.9. The number of piperidine rings is 1. The number of aryl methyl sites for hydroxylation is 1. The first-order chi connectivity index (χ1) is 9.08. The van der Waals surface area contributed by atoms with Gasteiger partial charge in [0.05, 0.1) is 0 Å². The fraction of sp³-hybridized carbons (Fsp3) is 0.647. The Morgan fingerprint density at radius 3 is 2.74 bits per heavy atom. The summed E-state index contributed by atoms with van der Waals surface area (Å²) < 4.78 is 0. The average molecular weight is 260 g/mol. The molecule has 0 saturated carbocycles. The highest BCUT2D eigenvalue weighted by atomic mass is 15.2. The lowest BCUT2D eigenvalue weighted by Gasteiger charge is -2.35. The lowest BCUT2D eigenvalue weighted by atomic mass is 10.0. The van der Waals surface area contributed by atoms with E-state index in [0.717, 1.165) is 6.54 Å². The molecule has 0 spiro atoms. The number of nitrogens with zero attached hydrogens (tertiary/aromatic N) is 1. The van der Waals surface area contributed by atoms with E-state index in [1.54, 1.807) is 0 Å². The van der Waals surface area contributed by atoms with Crippen LogP contribution in [-0.4, -0.2) is 18.6 Å². The first-order valence-corrected chi connectivity index (χ1v) is 7.67. The zero-order valence-corrected chi connectivity index (χ0v) is 12.9. The highest BCUT2D eigenvalue weighted by Crippen LogP contribution is 2.26. The maximum absolute atomic E-state index is 3.50. The van der Waals surface area contributed by atoms with Crippen molar-refractivity contribution >= 4 is 5.69 Å². The highest BCUT2D eigenvalue weighted by Gasteiger charge is 2.18. The van der Waals surface area contributed by atoms with Crippen molar-refractivity contribution in [3.63, 3.8) is 0 Å². The summed E-state index contributed by atoms with van der Waals surface area (Å²) in [6.45, 7) is 11.2. The molecule has 1 N–H and O–H groups in total. The van der Waals surface area contributed by atoms with Crippen LogP contribution in [0.1, 0.15) is 51.2 Å². The van der Waals surface area contributed by atoms with Crippen molar-refractivity contribution in [3.8, 4) is 0 Å². The van der Waals surface area contributed by atoms with Crippen molar-refractivity contribution < 1.29 is 0 Å². The van der Waals surface area contributed by atoms with Crippen LogP contribution in [0.25, 0.3) is 0 Å². The second kappa shape index (κ2) is 6.42. The van der Waals surface area contributed by atoms with Crippen molar-refractivity contribution in [1.82, 2.24) is 5.32 Å². The molecule has 0 amide bonds. The maximum atomic E-state index is 3.50. The summed E-state index contributed by atoms with van der Waals surface area (Å²) in [7, 11) is 0. The number of rotatable bonds is 4. The summed E-state index contributed by atoms with van der Waals surface area (Å²) in [4.78, 5) is 2.57. The minimum Gasteiger partial charge on any atom is -0.369 e. The van der Waals surface area contributed by atoms with Gasteiger partial charge in [-0.1, -0.05) is 19.9 Å². The molecule has 1 aromatic carbocycles. The summed E-state index contributed by atoms with van der Waals surface area (Å²) in [5, 5.41) is 3.50. The molecule has 2 rings (SSSR count). The van der Waals surface area contributed by atoms with Gasteiger partial charge in [0, 0.05) is 30.9 Å². The molecular formula is C17H28N2. The predicted molar refractivity (Wildman–Crippen MR) is 83.8 cm³/mol. The first kappa shape index (κ1) is 14.4. The predicted octanol–water partition coefficient (Wildman–Crippen LogP) is 3.87. The number of anilines is 1. The molecule has 0 aromatic heterocycles. The van der Waals surface area contributed by atoms with Crippen LogP contribution in [0.4, 0.5) is 5.69 Å². The van der Waals surface area contributed by atoms with E-state index in [1.807, 2.05) is 0 Å². The van der Waals surface area contributed by atoms with Crippen LogP contribution in [0.15, 0.2) is 18.2 Å². The number of hydrogen-bond donors (Lipinski definition) is 1. The summed E-state index contributed by atoms with van der Waals surface area (Å²) in [5.41, 5.74) is 4.23. The molecule has 1 unspecified atom stereocenters. The van der Waals surface area contributed by atoms with Gasteiger partial charge in [0.15, 0.2) is 0 Å². The summed E-state index contributed by atoms with van der Waals surface area (Å²) >= 11 is 0. The maximum Gasteiger partial charge on any atom is 0.0371 e. The third-order valence-electron chi connectivity index (χ3n) is 4.16. The molecule has 19 heavy (non-hydrogen) atoms. The third-order valence-corrected chi connectivity index (χ3v) is 4.16. The van der Waals surface area contributed by atoms with E-state index in [0.29, 0.717) is 12.1 Å². The summed E-state index contributed by atoms with van der Waals surface area (Å²) in [5.74, 6) is 0. The van der Waals surface area contributed by atoms with Crippen LogP contribution in [0.3, 0.4) is 0 Å². The van der Waals surface area contributed by atoms with Crippen LogP contribution < -0.4 is 10.2 Å². The molecule has 106 valence electrons. The van der Waals surface area contributed by atoms with Crippen molar-refractivity contribution in [2.45, 2.75) is 65.6 Å². The van der Waals surface area contributed by atoms with Gasteiger partial charge in [0.25, 0.3) is 0 Å². The van der Waals surface area contributed by atoms with E-state index in [1.165, 1.54) is 42.6 Å². The summed E-state index contributed by atoms with van der Waals surface area (Å²) in [6, 6.07) is 8.18. The number of hydrogen-bond acceptors (Lipinski definition) is 2. The van der Waals surface area contributed by atoms with Crippen molar-refractivity contribution in [2.75, 3.05) is 11.4 Å². The second-order valence-corrected chi connectivity index (χ2v) is 6.18. The fourth-order valence-electron chi connectivity index (χ4n) is 2.85. The largest absolute Gasteiger partial charge is 0.369 e. The lowest BCUT2D eigenvalue weighted by molar-refractivity contribution is 0.484. The monoisotopic (exact) mass is 260 g/mol. The van der Waals surface area contributed by atoms with Gasteiger partial charge < -0.3 is 10.2 Å². The number of benzene rings is 1. The Labute approximate surface area is 118 Å². The third kappa shape index (κ3) is 3.73. The molecule has 2 heteroatoms. The van der Waals surface area contributed by atoms with Gasteiger partial charge in [-0.2, -0.15) is 0 Å². The Kier molecular flexibility index (Phi) is 4.87. The van der Waals surface area contributed by atoms with Gasteiger partial charge in [-0.25, -0.2) is 0 Å². The van der Waals surface area contributed by atoms with Crippen molar-refractivity contribution in [2.24, 2.45) is 0 Å². The molecular weight excluding hydrogens is 232 g/mol. The van der Waals surface area contributed by atoms with E-state index < -0.39 is 0 Å². The molecule has 1 saturated heterocycles. The average Bonchev–Trinajstić information content (AvgIpc) is 2.37. The van der Waals surface area contributed by atoms with E-state index in [9.17, 15) is 0 Å².